The third-order valence-corrected chi connectivity index (χ3v) is 4.42. The molecule has 1 saturated heterocycles. The molecule has 0 bridgehead atoms. The molecular weight excluding hydrogens is 330 g/mol. The summed E-state index contributed by atoms with van der Waals surface area (Å²) < 4.78 is 12.9. The van der Waals surface area contributed by atoms with E-state index in [4.69, 9.17) is 9.47 Å². The molecule has 0 aliphatic carbocycles. The van der Waals surface area contributed by atoms with Gasteiger partial charge in [-0.1, -0.05) is 15.9 Å². The number of benzene rings is 1. The molecule has 0 spiro atoms. The summed E-state index contributed by atoms with van der Waals surface area (Å²) >= 11 is 3.52. The van der Waals surface area contributed by atoms with Gasteiger partial charge in [0.15, 0.2) is 0 Å². The maximum absolute atomic E-state index is 6.00. The SMILES string of the molecule is Cc1cc(Br)cc(C)c1OCCC[NH+]1C[C@H](C)O[C@@H](C)C1. The van der Waals surface area contributed by atoms with Crippen molar-refractivity contribution in [3.8, 4) is 5.75 Å². The lowest BCUT2D eigenvalue weighted by Crippen LogP contribution is -3.15. The Morgan fingerprint density at radius 2 is 1.76 bits per heavy atom. The number of quaternary nitrogens is 1. The summed E-state index contributed by atoms with van der Waals surface area (Å²) in [6, 6.07) is 4.22. The molecule has 1 fully saturated rings. The highest BCUT2D eigenvalue weighted by molar-refractivity contribution is 9.10. The Labute approximate surface area is 136 Å². The topological polar surface area (TPSA) is 22.9 Å². The van der Waals surface area contributed by atoms with E-state index in [-0.39, 0.29) is 0 Å². The minimum absolute atomic E-state index is 0.376. The zero-order chi connectivity index (χ0) is 15.4. The second kappa shape index (κ2) is 7.61. The third-order valence-electron chi connectivity index (χ3n) is 3.96. The Morgan fingerprint density at radius 1 is 1.19 bits per heavy atom. The van der Waals surface area contributed by atoms with Crippen LogP contribution in [0.5, 0.6) is 5.75 Å². The first-order valence-corrected chi connectivity index (χ1v) is 8.63. The van der Waals surface area contributed by atoms with E-state index in [9.17, 15) is 0 Å². The van der Waals surface area contributed by atoms with Crippen LogP contribution in [0.2, 0.25) is 0 Å². The van der Waals surface area contributed by atoms with Crippen LogP contribution >= 0.6 is 15.9 Å². The van der Waals surface area contributed by atoms with Crippen molar-refractivity contribution in [3.63, 3.8) is 0 Å². The second-order valence-corrected chi connectivity index (χ2v) is 7.15. The molecular formula is C17H27BrNO2+. The van der Waals surface area contributed by atoms with Gasteiger partial charge in [0.05, 0.1) is 13.2 Å². The average molecular weight is 357 g/mol. The number of hydrogen-bond acceptors (Lipinski definition) is 2. The van der Waals surface area contributed by atoms with Gasteiger partial charge < -0.3 is 14.4 Å². The monoisotopic (exact) mass is 356 g/mol. The van der Waals surface area contributed by atoms with Crippen molar-refractivity contribution >= 4 is 15.9 Å². The van der Waals surface area contributed by atoms with Crippen molar-refractivity contribution in [2.75, 3.05) is 26.2 Å². The fourth-order valence-electron chi connectivity index (χ4n) is 3.21. The number of halogens is 1. The molecule has 1 aliphatic heterocycles. The number of ether oxygens (including phenoxy) is 2. The molecule has 3 nitrogen and oxygen atoms in total. The van der Waals surface area contributed by atoms with E-state index in [1.165, 1.54) is 11.1 Å². The maximum Gasteiger partial charge on any atom is 0.125 e. The smallest absolute Gasteiger partial charge is 0.125 e. The molecule has 1 aliphatic rings. The van der Waals surface area contributed by atoms with Gasteiger partial charge in [0.1, 0.15) is 31.0 Å². The van der Waals surface area contributed by atoms with Crippen LogP contribution in [0.25, 0.3) is 0 Å². The Kier molecular flexibility index (Phi) is 6.08. The van der Waals surface area contributed by atoms with Gasteiger partial charge in [-0.25, -0.2) is 0 Å². The summed E-state index contributed by atoms with van der Waals surface area (Å²) in [5.74, 6) is 1.04. The fraction of sp³-hybridized carbons (Fsp3) is 0.647. The summed E-state index contributed by atoms with van der Waals surface area (Å²) in [6.07, 6.45) is 1.84. The summed E-state index contributed by atoms with van der Waals surface area (Å²) in [5.41, 5.74) is 2.39. The van der Waals surface area contributed by atoms with Crippen LogP contribution in [0.1, 0.15) is 31.4 Å². The molecule has 0 unspecified atom stereocenters. The molecule has 0 radical (unpaired) electrons. The summed E-state index contributed by atoms with van der Waals surface area (Å²) in [7, 11) is 0. The molecule has 4 heteroatoms. The predicted octanol–water partition coefficient (Wildman–Crippen LogP) is 2.53. The van der Waals surface area contributed by atoms with Crippen LogP contribution in [0.4, 0.5) is 0 Å². The lowest BCUT2D eigenvalue weighted by molar-refractivity contribution is -0.915. The molecule has 0 saturated carbocycles. The van der Waals surface area contributed by atoms with Gasteiger partial charge in [-0.3, -0.25) is 0 Å². The Hall–Kier alpha value is -0.580. The Bertz CT molecular complexity index is 445. The summed E-state index contributed by atoms with van der Waals surface area (Å²) in [6.45, 7) is 12.7. The molecule has 118 valence electrons. The van der Waals surface area contributed by atoms with Crippen LogP contribution < -0.4 is 9.64 Å². The lowest BCUT2D eigenvalue weighted by Gasteiger charge is -2.32. The fourth-order valence-corrected chi connectivity index (χ4v) is 3.90. The molecule has 2 atom stereocenters. The number of hydrogen-bond donors (Lipinski definition) is 1. The van der Waals surface area contributed by atoms with Gasteiger partial charge in [-0.2, -0.15) is 0 Å². The first-order chi connectivity index (χ1) is 9.95. The molecule has 1 heterocycles. The molecule has 0 aromatic heterocycles. The highest BCUT2D eigenvalue weighted by Crippen LogP contribution is 2.27. The number of rotatable bonds is 5. The van der Waals surface area contributed by atoms with E-state index in [1.807, 2.05) is 0 Å². The van der Waals surface area contributed by atoms with Crippen LogP contribution in [0, 0.1) is 13.8 Å². The number of nitrogens with one attached hydrogen (secondary N) is 1. The molecule has 1 aromatic carbocycles. The van der Waals surface area contributed by atoms with Crippen molar-refractivity contribution in [1.82, 2.24) is 0 Å². The third kappa shape index (κ3) is 4.97. The zero-order valence-corrected chi connectivity index (χ0v) is 15.1. The van der Waals surface area contributed by atoms with E-state index >= 15 is 0 Å². The highest BCUT2D eigenvalue weighted by atomic mass is 79.9. The minimum Gasteiger partial charge on any atom is -0.493 e. The molecule has 1 aromatic rings. The van der Waals surface area contributed by atoms with E-state index in [2.05, 4.69) is 55.8 Å². The Balaban J connectivity index is 1.77. The van der Waals surface area contributed by atoms with Gasteiger partial charge in [0, 0.05) is 10.9 Å². The van der Waals surface area contributed by atoms with E-state index in [0.717, 1.165) is 42.9 Å². The predicted molar refractivity (Wildman–Crippen MR) is 89.3 cm³/mol. The van der Waals surface area contributed by atoms with Gasteiger partial charge in [0.2, 0.25) is 0 Å². The summed E-state index contributed by atoms with van der Waals surface area (Å²) in [4.78, 5) is 1.63. The van der Waals surface area contributed by atoms with E-state index < -0.39 is 0 Å². The standard InChI is InChI=1S/C17H26BrNO2/c1-12-8-16(18)9-13(2)17(12)20-7-5-6-19-10-14(3)21-15(4)11-19/h8-9,14-15H,5-7,10-11H2,1-4H3/p+1/t14-,15-/m0/s1. The quantitative estimate of drug-likeness (QED) is 0.819. The molecule has 2 rings (SSSR count). The van der Waals surface area contributed by atoms with Crippen molar-refractivity contribution in [2.24, 2.45) is 0 Å². The van der Waals surface area contributed by atoms with Crippen LogP contribution in [0.3, 0.4) is 0 Å². The Morgan fingerprint density at radius 3 is 2.33 bits per heavy atom. The van der Waals surface area contributed by atoms with Crippen molar-refractivity contribution < 1.29 is 14.4 Å². The van der Waals surface area contributed by atoms with Crippen molar-refractivity contribution in [2.45, 2.75) is 46.3 Å². The number of aryl methyl sites for hydroxylation is 2. The van der Waals surface area contributed by atoms with Crippen molar-refractivity contribution in [3.05, 3.63) is 27.7 Å². The lowest BCUT2D eigenvalue weighted by atomic mass is 10.1. The zero-order valence-electron chi connectivity index (χ0n) is 13.5. The van der Waals surface area contributed by atoms with Crippen LogP contribution in [-0.4, -0.2) is 38.4 Å². The van der Waals surface area contributed by atoms with Gasteiger partial charge in [-0.15, -0.1) is 0 Å². The highest BCUT2D eigenvalue weighted by Gasteiger charge is 2.24. The van der Waals surface area contributed by atoms with Gasteiger partial charge in [0.25, 0.3) is 0 Å². The van der Waals surface area contributed by atoms with Crippen LogP contribution in [0.15, 0.2) is 16.6 Å². The van der Waals surface area contributed by atoms with Crippen molar-refractivity contribution in [1.29, 1.82) is 0 Å². The second-order valence-electron chi connectivity index (χ2n) is 6.24. The van der Waals surface area contributed by atoms with E-state index in [1.54, 1.807) is 4.90 Å². The maximum atomic E-state index is 6.00. The van der Waals surface area contributed by atoms with E-state index in [0.29, 0.717) is 12.2 Å². The van der Waals surface area contributed by atoms with Gasteiger partial charge >= 0.3 is 0 Å². The molecule has 0 amide bonds. The van der Waals surface area contributed by atoms with Crippen LogP contribution in [-0.2, 0) is 4.74 Å². The first-order valence-electron chi connectivity index (χ1n) is 7.84. The summed E-state index contributed by atoms with van der Waals surface area (Å²) in [5, 5.41) is 0. The average Bonchev–Trinajstić information content (AvgIpc) is 2.35. The minimum atomic E-state index is 0.376. The molecule has 1 N–H and O–H groups in total. The first kappa shape index (κ1) is 16.8. The normalized spacial score (nSPS) is 25.9. The number of morpholine rings is 1. The molecule has 21 heavy (non-hydrogen) atoms. The largest absolute Gasteiger partial charge is 0.493 e. The van der Waals surface area contributed by atoms with Gasteiger partial charge in [-0.05, 0) is 51.0 Å².